The van der Waals surface area contributed by atoms with E-state index in [2.05, 4.69) is 75.1 Å². The number of carboxylic acids is 5. The molecule has 636 valence electrons. The summed E-state index contributed by atoms with van der Waals surface area (Å²) in [5.41, 5.74) is 1.63. The maximum atomic E-state index is 13.7. The van der Waals surface area contributed by atoms with Crippen molar-refractivity contribution in [2.45, 2.75) is 263 Å². The molecule has 4 aromatic heterocycles. The van der Waals surface area contributed by atoms with Crippen molar-refractivity contribution in [1.82, 2.24) is 0 Å². The number of ether oxygens (including phenoxy) is 3. The molecule has 0 bridgehead atoms. The Bertz CT molecular complexity index is 4110. The lowest BCUT2D eigenvalue weighted by Gasteiger charge is -2.37. The Morgan fingerprint density at radius 1 is 0.457 bits per heavy atom. The molecule has 0 aromatic carbocycles. The van der Waals surface area contributed by atoms with Crippen LogP contribution in [-0.4, -0.2) is 131 Å². The van der Waals surface area contributed by atoms with Crippen LogP contribution in [0.4, 0.5) is 11.4 Å². The van der Waals surface area contributed by atoms with Crippen LogP contribution >= 0.6 is 45.3 Å². The lowest BCUT2D eigenvalue weighted by Crippen LogP contribution is -2.48. The topological polar surface area (TPSA) is 289 Å². The minimum atomic E-state index is -1.19. The molecule has 116 heavy (non-hydrogen) atoms. The largest absolute Gasteiger partial charge is 0.480 e. The molecule has 23 heteroatoms. The van der Waals surface area contributed by atoms with Gasteiger partial charge in [-0.05, 0) is 188 Å². The Labute approximate surface area is 706 Å². The lowest BCUT2D eigenvalue weighted by atomic mass is 9.72. The number of Topliss-reactive ketones (excluding diaryl/α,β-unsaturated/α-hetero) is 2. The van der Waals surface area contributed by atoms with Crippen molar-refractivity contribution in [3.05, 3.63) is 74.4 Å². The fourth-order valence-electron chi connectivity index (χ4n) is 15.9. The van der Waals surface area contributed by atoms with Crippen LogP contribution in [-0.2, 0) is 38.2 Å². The quantitative estimate of drug-likeness (QED) is 0.0385. The van der Waals surface area contributed by atoms with Crippen molar-refractivity contribution in [3.8, 4) is 47.4 Å². The second kappa shape index (κ2) is 46.8. The van der Waals surface area contributed by atoms with Gasteiger partial charge in [0.05, 0.1) is 37.5 Å². The fourth-order valence-corrected chi connectivity index (χ4v) is 19.4. The summed E-state index contributed by atoms with van der Waals surface area (Å²) in [6.07, 6.45) is 17.3. The first-order valence-electron chi connectivity index (χ1n) is 41.9. The third-order valence-corrected chi connectivity index (χ3v) is 26.7. The van der Waals surface area contributed by atoms with Crippen molar-refractivity contribution < 1.29 is 82.9 Å². The van der Waals surface area contributed by atoms with E-state index in [0.29, 0.717) is 99.3 Å². The van der Waals surface area contributed by atoms with Crippen LogP contribution in [0.25, 0.3) is 0 Å². The highest BCUT2D eigenvalue weighted by molar-refractivity contribution is 7.16. The first kappa shape index (κ1) is 97.4. The number of carbonyl (C=O) groups excluding carboxylic acids is 4. The molecule has 4 aliphatic carbocycles. The summed E-state index contributed by atoms with van der Waals surface area (Å²) in [4.78, 5) is 120. The number of carbonyl (C=O) groups is 9. The monoisotopic (exact) mass is 1670 g/mol. The number of hydrogen-bond donors (Lipinski definition) is 5. The van der Waals surface area contributed by atoms with Gasteiger partial charge in [0.15, 0.2) is 0 Å². The lowest BCUT2D eigenvalue weighted by molar-refractivity contribution is -0.141. The van der Waals surface area contributed by atoms with E-state index in [9.17, 15) is 68.7 Å². The molecule has 1 aliphatic heterocycles. The molecular weight excluding hydrogens is 1550 g/mol. The van der Waals surface area contributed by atoms with Gasteiger partial charge in [-0.1, -0.05) is 169 Å². The molecule has 5 heterocycles. The highest BCUT2D eigenvalue weighted by Crippen LogP contribution is 2.45. The van der Waals surface area contributed by atoms with E-state index < -0.39 is 47.7 Å². The van der Waals surface area contributed by atoms with Crippen molar-refractivity contribution in [2.75, 3.05) is 50.4 Å². The number of ketones is 2. The normalized spacial score (nSPS) is 21.4. The zero-order valence-electron chi connectivity index (χ0n) is 71.8. The molecule has 19 nitrogen and oxygen atoms in total. The second-order valence-electron chi connectivity index (χ2n) is 34.6. The first-order chi connectivity index (χ1) is 54.8. The number of hydrogen-bond acceptors (Lipinski definition) is 16. The van der Waals surface area contributed by atoms with Gasteiger partial charge in [0, 0.05) is 98.8 Å². The summed E-state index contributed by atoms with van der Waals surface area (Å²) in [6.45, 7) is 34.5. The fraction of sp³-hybridized carbons (Fsp3) is 0.645. The average Bonchev–Trinajstić information content (AvgIpc) is 1.64. The zero-order chi connectivity index (χ0) is 86.0. The molecule has 0 spiro atoms. The van der Waals surface area contributed by atoms with E-state index in [1.807, 2.05) is 94.4 Å². The number of rotatable bonds is 25. The third kappa shape index (κ3) is 28.7. The standard InChI is InChI=1S/C24H34O4S.C23H31NO5S.C23H31NO4S.C23H32O4S/c1-6-17(14-28-5)21(22(25)18-10-8-16(4)9-11-18)20-13-19(12-7-15(2)3)29-23(20)24(26)27;1-6-17(21(26)27)24(20(25)15-9-7-14(2)8-10-15)18-13-16(11-12-23(3,4)5)30-19(18)22(28)29;1-15(2)4-9-19-14-20(21(29-19)23(26)27)24(18-10-12-28-13-11-18)22(25)17-7-5-16(3)6-8-17;1-14(2)6-11-18-12-19(22(28-18)23(25)26)20(16(4)13-27-5)21(24)17-9-7-15(3)8-10-17/h13,15-18,21H,6,8-11,14H2,1-5H3,(H,26,27);13-15,17H,6-10H2,1-5H3,(H,26,27)(H,28,29);14-18H,5-8,10-13H2,1-3H3,(H,26,27);12,14-17,20H,7-10,13H2,1-5H3,(H,25,26)/t16?,17-,18?,21?;14?,15?,17-;;15?,16-,17?,20?/m10.1/s1. The summed E-state index contributed by atoms with van der Waals surface area (Å²) in [7, 11) is 3.25. The maximum Gasteiger partial charge on any atom is 0.348 e. The highest BCUT2D eigenvalue weighted by Gasteiger charge is 2.43. The van der Waals surface area contributed by atoms with Crippen LogP contribution in [0.5, 0.6) is 0 Å². The van der Waals surface area contributed by atoms with E-state index in [4.69, 9.17) is 14.2 Å². The molecular formula is C93H128N2O17S4. The number of amides is 2. The highest BCUT2D eigenvalue weighted by atomic mass is 32.1. The van der Waals surface area contributed by atoms with Gasteiger partial charge in [-0.25, -0.2) is 24.0 Å². The van der Waals surface area contributed by atoms with Gasteiger partial charge in [-0.15, -0.1) is 45.3 Å². The van der Waals surface area contributed by atoms with Gasteiger partial charge in [0.1, 0.15) is 37.1 Å². The third-order valence-electron chi connectivity index (χ3n) is 22.5. The molecule has 2 amide bonds. The summed E-state index contributed by atoms with van der Waals surface area (Å²) in [6, 6.07) is 5.89. The van der Waals surface area contributed by atoms with Crippen LogP contribution in [0.15, 0.2) is 24.3 Å². The van der Waals surface area contributed by atoms with E-state index in [0.717, 1.165) is 120 Å². The Hall–Kier alpha value is -7.45. The van der Waals surface area contributed by atoms with Gasteiger partial charge < -0.3 is 44.6 Å². The molecule has 4 aromatic rings. The summed E-state index contributed by atoms with van der Waals surface area (Å²) >= 11 is 4.50. The number of carboxylic acid groups (broad SMARTS) is 5. The molecule has 5 fully saturated rings. The molecule has 1 saturated heterocycles. The van der Waals surface area contributed by atoms with Crippen LogP contribution in [0.3, 0.4) is 0 Å². The van der Waals surface area contributed by atoms with Gasteiger partial charge in [-0.2, -0.15) is 0 Å². The predicted molar refractivity (Wildman–Crippen MR) is 464 cm³/mol. The SMILES string of the molecule is CC(C)C#Cc1cc(N(C(=O)C2CCC(C)CC2)C2CCOCC2)c(C(=O)O)s1.CC[C@@H](C(=O)O)N(C(=O)C1CCC(C)CC1)c1cc(C#CC(C)(C)C)sc1C(=O)O.CC[C@H](COC)C(C(=O)C1CCC(C)CC1)c1cc(C#CC(C)C)sc1C(=O)O.COC[C@@H](C)C(C(=O)C1CCC(C)CC1)c1cc(C#CC(C)C)sc1C(=O)O. The number of methoxy groups -OCH3 is 2. The predicted octanol–water partition coefficient (Wildman–Crippen LogP) is 20.5. The van der Waals surface area contributed by atoms with Crippen LogP contribution < -0.4 is 9.80 Å². The van der Waals surface area contributed by atoms with Crippen LogP contribution in [0.1, 0.15) is 320 Å². The Kier molecular flexibility index (Phi) is 39.3. The average molecular weight is 1670 g/mol. The molecule has 5 atom stereocenters. The Morgan fingerprint density at radius 2 is 0.810 bits per heavy atom. The van der Waals surface area contributed by atoms with Gasteiger partial charge in [-0.3, -0.25) is 24.1 Å². The molecule has 9 rings (SSSR count). The van der Waals surface area contributed by atoms with Crippen molar-refractivity contribution in [3.63, 3.8) is 0 Å². The Balaban J connectivity index is 0.000000240. The first-order valence-corrected chi connectivity index (χ1v) is 45.2. The van der Waals surface area contributed by atoms with Crippen molar-refractivity contribution in [1.29, 1.82) is 0 Å². The molecule has 2 unspecified atom stereocenters. The van der Waals surface area contributed by atoms with Crippen molar-refractivity contribution >= 4 is 110 Å². The van der Waals surface area contributed by atoms with E-state index in [1.165, 1.54) is 38.9 Å². The zero-order valence-corrected chi connectivity index (χ0v) is 75.0. The van der Waals surface area contributed by atoms with Crippen LogP contribution in [0.2, 0.25) is 0 Å². The smallest absolute Gasteiger partial charge is 0.348 e. The summed E-state index contributed by atoms with van der Waals surface area (Å²) in [5, 5.41) is 49.0. The number of anilines is 2. The number of aromatic carboxylic acids is 4. The molecule has 5 aliphatic rings. The van der Waals surface area contributed by atoms with E-state index in [-0.39, 0.29) is 120 Å². The number of aliphatic carboxylic acids is 1. The molecule has 0 radical (unpaired) electrons. The molecule has 5 N–H and O–H groups in total. The van der Waals surface area contributed by atoms with Gasteiger partial charge in [0.2, 0.25) is 11.8 Å². The molecule has 4 saturated carbocycles. The second-order valence-corrected chi connectivity index (χ2v) is 38.8. The van der Waals surface area contributed by atoms with Gasteiger partial charge in [0.25, 0.3) is 0 Å². The van der Waals surface area contributed by atoms with Crippen LogP contribution in [0, 0.1) is 130 Å². The number of nitrogens with zero attached hydrogens (tertiary/aromatic N) is 2. The minimum Gasteiger partial charge on any atom is -0.480 e. The van der Waals surface area contributed by atoms with Gasteiger partial charge >= 0.3 is 29.8 Å². The van der Waals surface area contributed by atoms with E-state index >= 15 is 0 Å². The summed E-state index contributed by atoms with van der Waals surface area (Å²) < 4.78 is 16.2. The minimum absolute atomic E-state index is 0.00671. The summed E-state index contributed by atoms with van der Waals surface area (Å²) in [5.74, 6) is 21.2. The van der Waals surface area contributed by atoms with Crippen molar-refractivity contribution in [2.24, 2.45) is 82.3 Å². The van der Waals surface area contributed by atoms with E-state index in [1.54, 1.807) is 32.1 Å². The Morgan fingerprint density at radius 3 is 1.18 bits per heavy atom. The maximum absolute atomic E-state index is 13.7. The number of thiophene rings is 4.